The summed E-state index contributed by atoms with van der Waals surface area (Å²) >= 11 is 2.98. The first-order valence-corrected chi connectivity index (χ1v) is 6.41. The summed E-state index contributed by atoms with van der Waals surface area (Å²) in [6, 6.07) is 1.04. The van der Waals surface area contributed by atoms with E-state index in [4.69, 9.17) is 0 Å². The molecule has 2 nitrogen and oxygen atoms in total. The highest BCUT2D eigenvalue weighted by Crippen LogP contribution is 2.30. The number of carbonyl (C=O) groups excluding carboxylic acids is 1. The van der Waals surface area contributed by atoms with Gasteiger partial charge in [-0.3, -0.25) is 4.79 Å². The van der Waals surface area contributed by atoms with Crippen molar-refractivity contribution in [3.05, 3.63) is 27.5 Å². The van der Waals surface area contributed by atoms with Crippen molar-refractivity contribution in [3.63, 3.8) is 0 Å². The van der Waals surface area contributed by atoms with E-state index in [2.05, 4.69) is 20.9 Å². The van der Waals surface area contributed by atoms with Gasteiger partial charge in [0.25, 0.3) is 0 Å². The zero-order valence-corrected chi connectivity index (χ0v) is 12.9. The fourth-order valence-electron chi connectivity index (χ4n) is 1.04. The lowest BCUT2D eigenvalue weighted by Gasteiger charge is -2.09. The van der Waals surface area contributed by atoms with Crippen LogP contribution in [-0.2, 0) is 11.0 Å². The summed E-state index contributed by atoms with van der Waals surface area (Å²) in [5, 5.41) is 0. The third-order valence-corrected chi connectivity index (χ3v) is 3.17. The first-order chi connectivity index (χ1) is 9.30. The van der Waals surface area contributed by atoms with E-state index in [9.17, 15) is 31.1 Å². The molecule has 120 valence electrons. The fraction of sp³-hybridized carbons (Fsp3) is 0.500. The molecule has 0 saturated carbocycles. The first-order valence-electron chi connectivity index (χ1n) is 5.61. The van der Waals surface area contributed by atoms with Gasteiger partial charge in [-0.2, -0.15) is 26.3 Å². The number of aryl methyl sites for hydroxylation is 1. The van der Waals surface area contributed by atoms with Crippen LogP contribution >= 0.6 is 15.9 Å². The van der Waals surface area contributed by atoms with Crippen LogP contribution in [-0.4, -0.2) is 16.9 Å². The first kappa shape index (κ1) is 19.9. The highest BCUT2D eigenvalue weighted by molar-refractivity contribution is 9.10. The number of Topliss-reactive ketones (excluding diaryl/α,β-unsaturated/α-hetero) is 1. The van der Waals surface area contributed by atoms with Gasteiger partial charge in [-0.05, 0) is 47.0 Å². The van der Waals surface area contributed by atoms with Gasteiger partial charge in [0.1, 0.15) is 10.3 Å². The van der Waals surface area contributed by atoms with Crippen molar-refractivity contribution in [1.82, 2.24) is 4.98 Å². The number of hydrogen-bond acceptors (Lipinski definition) is 2. The Kier molecular flexibility index (Phi) is 6.85. The van der Waals surface area contributed by atoms with Gasteiger partial charge >= 0.3 is 12.4 Å². The van der Waals surface area contributed by atoms with Crippen molar-refractivity contribution >= 4 is 21.7 Å². The topological polar surface area (TPSA) is 30.0 Å². The second kappa shape index (κ2) is 7.24. The predicted octanol–water partition coefficient (Wildman–Crippen LogP) is 5.01. The summed E-state index contributed by atoms with van der Waals surface area (Å²) in [6.07, 6.45) is -9.47. The van der Waals surface area contributed by atoms with Crippen LogP contribution < -0.4 is 0 Å². The normalized spacial score (nSPS) is 11.7. The molecule has 21 heavy (non-hydrogen) atoms. The highest BCUT2D eigenvalue weighted by atomic mass is 79.9. The molecule has 0 aliphatic rings. The molecule has 0 aromatic carbocycles. The Balaban J connectivity index is 0.000000433. The molecule has 9 heteroatoms. The van der Waals surface area contributed by atoms with E-state index in [0.29, 0.717) is 5.56 Å². The van der Waals surface area contributed by atoms with Gasteiger partial charge in [0.2, 0.25) is 5.78 Å². The second-order valence-electron chi connectivity index (χ2n) is 4.01. The summed E-state index contributed by atoms with van der Waals surface area (Å²) in [4.78, 5) is 13.1. The summed E-state index contributed by atoms with van der Waals surface area (Å²) in [6.45, 7) is 4.51. The quantitative estimate of drug-likeness (QED) is 0.507. The minimum Gasteiger partial charge on any atom is -0.290 e. The molecule has 1 heterocycles. The van der Waals surface area contributed by atoms with E-state index in [1.807, 2.05) is 0 Å². The molecule has 0 fully saturated rings. The lowest BCUT2D eigenvalue weighted by Crippen LogP contribution is -2.20. The Labute approximate surface area is 125 Å². The van der Waals surface area contributed by atoms with E-state index in [-0.39, 0.29) is 4.60 Å². The Morgan fingerprint density at radius 3 is 1.90 bits per heavy atom. The van der Waals surface area contributed by atoms with Crippen molar-refractivity contribution in [3.8, 4) is 0 Å². The fourth-order valence-corrected chi connectivity index (χ4v) is 1.55. The van der Waals surface area contributed by atoms with E-state index in [0.717, 1.165) is 11.6 Å². The second-order valence-corrected chi connectivity index (χ2v) is 4.76. The number of nitrogens with zero attached hydrogens (tertiary/aromatic N) is 1. The molecule has 1 rings (SSSR count). The molecule has 1 aromatic heterocycles. The van der Waals surface area contributed by atoms with Crippen molar-refractivity contribution in [2.45, 2.75) is 39.5 Å². The molecule has 0 spiro atoms. The third kappa shape index (κ3) is 6.45. The van der Waals surface area contributed by atoms with Crippen molar-refractivity contribution in [2.24, 2.45) is 0 Å². The number of carbonyl (C=O) groups is 1. The molecule has 0 radical (unpaired) electrons. The summed E-state index contributed by atoms with van der Waals surface area (Å²) in [5.41, 5.74) is 0.449. The van der Waals surface area contributed by atoms with Gasteiger partial charge in [0, 0.05) is 6.42 Å². The molecular formula is C12H12BrF6NO. The highest BCUT2D eigenvalue weighted by Gasteiger charge is 2.36. The van der Waals surface area contributed by atoms with Gasteiger partial charge in [0.05, 0.1) is 0 Å². The van der Waals surface area contributed by atoms with Gasteiger partial charge in [-0.1, -0.05) is 6.92 Å². The average Bonchev–Trinajstić information content (AvgIpc) is 2.32. The van der Waals surface area contributed by atoms with E-state index < -0.39 is 30.3 Å². The Morgan fingerprint density at radius 2 is 1.67 bits per heavy atom. The number of aromatic nitrogens is 1. The molecule has 0 atom stereocenters. The molecular weight excluding hydrogens is 368 g/mol. The zero-order chi connectivity index (χ0) is 17.0. The van der Waals surface area contributed by atoms with Gasteiger partial charge in [-0.15, -0.1) is 0 Å². The standard InChI is InChI=1S/C8H7BrF3N.C4H5F3O/c1-4-3-6(8(10,11)12)13-7(9)5(4)2;1-2-3(8)4(5,6)7/h3H,1-2H3;2H2,1H3. The van der Waals surface area contributed by atoms with Gasteiger partial charge < -0.3 is 0 Å². The average molecular weight is 380 g/mol. The molecule has 0 unspecified atom stereocenters. The van der Waals surface area contributed by atoms with E-state index >= 15 is 0 Å². The van der Waals surface area contributed by atoms with E-state index in [1.165, 1.54) is 6.92 Å². The molecule has 0 saturated heterocycles. The summed E-state index contributed by atoms with van der Waals surface area (Å²) in [7, 11) is 0. The molecule has 0 bridgehead atoms. The largest absolute Gasteiger partial charge is 0.449 e. The van der Waals surface area contributed by atoms with Crippen LogP contribution in [0, 0.1) is 13.8 Å². The maximum atomic E-state index is 12.2. The Hall–Kier alpha value is -1.12. The molecule has 0 amide bonds. The number of hydrogen-bond donors (Lipinski definition) is 0. The van der Waals surface area contributed by atoms with Crippen LogP contribution in [0.1, 0.15) is 30.2 Å². The van der Waals surface area contributed by atoms with Crippen LogP contribution in [0.5, 0.6) is 0 Å². The number of pyridine rings is 1. The summed E-state index contributed by atoms with van der Waals surface area (Å²) in [5.74, 6) is -1.67. The smallest absolute Gasteiger partial charge is 0.290 e. The Bertz CT molecular complexity index is 486. The maximum absolute atomic E-state index is 12.2. The lowest BCUT2D eigenvalue weighted by molar-refractivity contribution is -0.170. The van der Waals surface area contributed by atoms with E-state index in [1.54, 1.807) is 13.8 Å². The van der Waals surface area contributed by atoms with Gasteiger partial charge in [-0.25, -0.2) is 4.98 Å². The zero-order valence-electron chi connectivity index (χ0n) is 11.3. The summed E-state index contributed by atoms with van der Waals surface area (Å²) < 4.78 is 70.1. The monoisotopic (exact) mass is 379 g/mol. The van der Waals surface area contributed by atoms with Gasteiger partial charge in [0.15, 0.2) is 0 Å². The lowest BCUT2D eigenvalue weighted by atomic mass is 10.1. The predicted molar refractivity (Wildman–Crippen MR) is 67.8 cm³/mol. The van der Waals surface area contributed by atoms with Crippen LogP contribution in [0.4, 0.5) is 26.3 Å². The molecule has 0 aliphatic carbocycles. The number of ketones is 1. The minimum absolute atomic E-state index is 0.250. The third-order valence-electron chi connectivity index (χ3n) is 2.40. The molecule has 0 N–H and O–H groups in total. The molecule has 1 aromatic rings. The Morgan fingerprint density at radius 1 is 1.19 bits per heavy atom. The minimum atomic E-state index is -4.63. The maximum Gasteiger partial charge on any atom is 0.449 e. The molecule has 0 aliphatic heterocycles. The van der Waals surface area contributed by atoms with Crippen LogP contribution in [0.15, 0.2) is 10.7 Å². The van der Waals surface area contributed by atoms with Crippen molar-refractivity contribution in [1.29, 1.82) is 0 Å². The number of halogens is 7. The van der Waals surface area contributed by atoms with Crippen LogP contribution in [0.2, 0.25) is 0 Å². The van der Waals surface area contributed by atoms with Crippen LogP contribution in [0.3, 0.4) is 0 Å². The van der Waals surface area contributed by atoms with Crippen LogP contribution in [0.25, 0.3) is 0 Å². The number of rotatable bonds is 1. The number of alkyl halides is 6. The SMILES string of the molecule is CCC(=O)C(F)(F)F.Cc1cc(C(F)(F)F)nc(Br)c1C. The van der Waals surface area contributed by atoms with Crippen molar-refractivity contribution in [2.75, 3.05) is 0 Å². The van der Waals surface area contributed by atoms with Crippen molar-refractivity contribution < 1.29 is 31.1 Å².